The molecule has 0 bridgehead atoms. The number of fused-ring (bicyclic) bond motifs is 5. The summed E-state index contributed by atoms with van der Waals surface area (Å²) in [7, 11) is 0. The Balaban J connectivity index is 1.55. The van der Waals surface area contributed by atoms with Crippen LogP contribution in [0.4, 0.5) is 0 Å². The number of hydrogen-bond acceptors (Lipinski definition) is 3. The van der Waals surface area contributed by atoms with Crippen molar-refractivity contribution < 1.29 is 14.6 Å². The molecule has 3 fully saturated rings. The van der Waals surface area contributed by atoms with Crippen LogP contribution in [0.2, 0.25) is 0 Å². The summed E-state index contributed by atoms with van der Waals surface area (Å²) < 4.78 is 5.54. The van der Waals surface area contributed by atoms with Gasteiger partial charge in [-0.2, -0.15) is 0 Å². The van der Waals surface area contributed by atoms with E-state index in [0.29, 0.717) is 47.8 Å². The van der Waals surface area contributed by atoms with E-state index in [1.807, 2.05) is 0 Å². The van der Waals surface area contributed by atoms with Crippen LogP contribution in [0.25, 0.3) is 0 Å². The lowest BCUT2D eigenvalue weighted by Gasteiger charge is -2.61. The van der Waals surface area contributed by atoms with Gasteiger partial charge in [0.25, 0.3) is 0 Å². The number of allylic oxidation sites excluding steroid dienone is 3. The molecule has 0 aliphatic heterocycles. The summed E-state index contributed by atoms with van der Waals surface area (Å²) in [5.41, 5.74) is 1.17. The van der Waals surface area contributed by atoms with Gasteiger partial charge in [-0.3, -0.25) is 4.79 Å². The maximum atomic E-state index is 11.8. The van der Waals surface area contributed by atoms with Crippen molar-refractivity contribution in [2.24, 2.45) is 46.3 Å². The third-order valence-corrected chi connectivity index (χ3v) is 11.0. The predicted octanol–water partition coefficient (Wildman–Crippen LogP) is 7.10. The highest BCUT2D eigenvalue weighted by atomic mass is 16.5. The number of aliphatic hydroxyl groups is 1. The zero-order valence-electron chi connectivity index (χ0n) is 22.2. The summed E-state index contributed by atoms with van der Waals surface area (Å²) in [6, 6.07) is 0. The lowest BCUT2D eigenvalue weighted by Crippen LogP contribution is -2.60. The first-order valence-electron chi connectivity index (χ1n) is 13.7. The Labute approximate surface area is 202 Å². The monoisotopic (exact) mass is 456 g/mol. The molecule has 186 valence electrons. The van der Waals surface area contributed by atoms with Crippen molar-refractivity contribution >= 4 is 5.97 Å². The summed E-state index contributed by atoms with van der Waals surface area (Å²) >= 11 is 0. The molecular weight excluding hydrogens is 408 g/mol. The van der Waals surface area contributed by atoms with Crippen molar-refractivity contribution in [1.82, 2.24) is 0 Å². The number of hydrogen-bond donors (Lipinski definition) is 1. The molecule has 3 nitrogen and oxygen atoms in total. The zero-order chi connectivity index (χ0) is 24.2. The van der Waals surface area contributed by atoms with Crippen molar-refractivity contribution in [3.63, 3.8) is 0 Å². The normalized spacial score (nSPS) is 44.6. The van der Waals surface area contributed by atoms with E-state index < -0.39 is 5.60 Å². The topological polar surface area (TPSA) is 46.5 Å². The fourth-order valence-corrected chi connectivity index (χ4v) is 8.42. The average Bonchev–Trinajstić information content (AvgIpc) is 3.09. The van der Waals surface area contributed by atoms with Crippen molar-refractivity contribution in [2.45, 2.75) is 112 Å². The summed E-state index contributed by atoms with van der Waals surface area (Å²) in [6.45, 7) is 15.8. The molecule has 4 aliphatic rings. The van der Waals surface area contributed by atoms with E-state index in [9.17, 15) is 9.90 Å². The van der Waals surface area contributed by atoms with E-state index in [2.05, 4.69) is 59.8 Å². The van der Waals surface area contributed by atoms with Crippen LogP contribution in [0, 0.1) is 46.3 Å². The Bertz CT molecular complexity index is 811. The first-order valence-corrected chi connectivity index (χ1v) is 13.7. The van der Waals surface area contributed by atoms with Crippen LogP contribution < -0.4 is 0 Å². The second kappa shape index (κ2) is 8.85. The number of carbonyl (C=O) groups is 1. The van der Waals surface area contributed by atoms with Gasteiger partial charge in [-0.05, 0) is 85.9 Å². The number of esters is 1. The van der Waals surface area contributed by atoms with E-state index in [4.69, 9.17) is 4.74 Å². The van der Waals surface area contributed by atoms with E-state index >= 15 is 0 Å². The second-order valence-corrected chi connectivity index (χ2v) is 13.0. The largest absolute Gasteiger partial charge is 0.462 e. The van der Waals surface area contributed by atoms with Crippen molar-refractivity contribution in [3.8, 4) is 0 Å². The van der Waals surface area contributed by atoms with E-state index in [0.717, 1.165) is 18.8 Å². The molecule has 0 radical (unpaired) electrons. The highest BCUT2D eigenvalue weighted by Crippen LogP contribution is 2.67. The quantitative estimate of drug-likeness (QED) is 0.354. The fraction of sp³-hybridized carbons (Fsp3) is 0.833. The Hall–Kier alpha value is -1.09. The van der Waals surface area contributed by atoms with Crippen molar-refractivity contribution in [3.05, 3.63) is 23.8 Å². The van der Waals surface area contributed by atoms with Crippen LogP contribution in [0.15, 0.2) is 23.8 Å². The molecule has 0 aromatic heterocycles. The first kappa shape index (κ1) is 25.0. The Morgan fingerprint density at radius 1 is 1.06 bits per heavy atom. The molecular formula is C30H48O3. The SMILES string of the molecule is CC(=O)O[C@H]1CC[C@@]2(C)C3CC[C@]4(C)[C@@H]([C@H](C)/C=C/[C@H](C)C(C)C)CC[C@H]4C3=CC[C@]2(O)C1. The van der Waals surface area contributed by atoms with E-state index in [-0.39, 0.29) is 17.5 Å². The number of ether oxygens (including phenoxy) is 1. The molecule has 1 N–H and O–H groups in total. The Kier molecular flexibility index (Phi) is 6.71. The lowest BCUT2D eigenvalue weighted by atomic mass is 9.46. The van der Waals surface area contributed by atoms with Gasteiger partial charge in [0.1, 0.15) is 6.10 Å². The molecule has 0 amide bonds. The summed E-state index contributed by atoms with van der Waals surface area (Å²) in [6.07, 6.45) is 15.5. The Morgan fingerprint density at radius 3 is 2.45 bits per heavy atom. The molecule has 4 aliphatic carbocycles. The highest BCUT2D eigenvalue weighted by Gasteiger charge is 2.62. The third-order valence-electron chi connectivity index (χ3n) is 11.0. The molecule has 33 heavy (non-hydrogen) atoms. The minimum atomic E-state index is -0.756. The van der Waals surface area contributed by atoms with Gasteiger partial charge in [-0.1, -0.05) is 65.3 Å². The minimum absolute atomic E-state index is 0.106. The number of rotatable bonds is 5. The first-order chi connectivity index (χ1) is 15.4. The molecule has 0 heterocycles. The maximum absolute atomic E-state index is 11.8. The van der Waals surface area contributed by atoms with E-state index in [1.54, 1.807) is 5.57 Å². The van der Waals surface area contributed by atoms with Crippen LogP contribution in [-0.2, 0) is 9.53 Å². The molecule has 4 rings (SSSR count). The summed E-state index contributed by atoms with van der Waals surface area (Å²) in [5, 5.41) is 11.8. The van der Waals surface area contributed by atoms with E-state index in [1.165, 1.54) is 32.6 Å². The molecule has 9 atom stereocenters. The van der Waals surface area contributed by atoms with Gasteiger partial charge in [-0.15, -0.1) is 0 Å². The van der Waals surface area contributed by atoms with Gasteiger partial charge < -0.3 is 9.84 Å². The summed E-state index contributed by atoms with van der Waals surface area (Å²) in [4.78, 5) is 11.5. The maximum Gasteiger partial charge on any atom is 0.302 e. The lowest BCUT2D eigenvalue weighted by molar-refractivity contribution is -0.183. The summed E-state index contributed by atoms with van der Waals surface area (Å²) in [5.74, 6) is 3.59. The molecule has 3 heteroatoms. The Morgan fingerprint density at radius 2 is 1.79 bits per heavy atom. The van der Waals surface area contributed by atoms with Crippen molar-refractivity contribution in [1.29, 1.82) is 0 Å². The van der Waals surface area contributed by atoms with Crippen LogP contribution in [0.3, 0.4) is 0 Å². The van der Waals surface area contributed by atoms with Gasteiger partial charge >= 0.3 is 5.97 Å². The van der Waals surface area contributed by atoms with Crippen LogP contribution in [-0.4, -0.2) is 22.8 Å². The van der Waals surface area contributed by atoms with Gasteiger partial charge in [0.05, 0.1) is 5.60 Å². The highest BCUT2D eigenvalue weighted by molar-refractivity contribution is 5.66. The second-order valence-electron chi connectivity index (χ2n) is 13.0. The molecule has 0 aromatic rings. The molecule has 1 unspecified atom stereocenters. The fourth-order valence-electron chi connectivity index (χ4n) is 8.42. The third kappa shape index (κ3) is 4.15. The van der Waals surface area contributed by atoms with Crippen LogP contribution in [0.1, 0.15) is 99.8 Å². The minimum Gasteiger partial charge on any atom is -0.462 e. The van der Waals surface area contributed by atoms with Crippen LogP contribution in [0.5, 0.6) is 0 Å². The van der Waals surface area contributed by atoms with Crippen LogP contribution >= 0.6 is 0 Å². The van der Waals surface area contributed by atoms with Gasteiger partial charge in [0, 0.05) is 18.8 Å². The zero-order valence-corrected chi connectivity index (χ0v) is 22.2. The predicted molar refractivity (Wildman–Crippen MR) is 135 cm³/mol. The van der Waals surface area contributed by atoms with Gasteiger partial charge in [0.15, 0.2) is 0 Å². The standard InChI is InChI=1S/C30H48O3/c1-19(2)20(3)8-9-21(4)25-10-11-26-24-13-17-30(32)18-23(33-22(5)31)12-16-29(30,7)27(24)14-15-28(25,26)6/h8-9,13,19-21,23,25-27,32H,10-12,14-18H2,1-7H3/b9-8+/t20-,21+,23-,25+,26-,27?,28+,29-,30-/m0/s1. The molecule has 3 saturated carbocycles. The van der Waals surface area contributed by atoms with Crippen molar-refractivity contribution in [2.75, 3.05) is 0 Å². The average molecular weight is 457 g/mol. The van der Waals surface area contributed by atoms with Gasteiger partial charge in [0.2, 0.25) is 0 Å². The number of carbonyl (C=O) groups excluding carboxylic acids is 1. The smallest absolute Gasteiger partial charge is 0.302 e. The molecule has 0 spiro atoms. The molecule has 0 aromatic carbocycles. The van der Waals surface area contributed by atoms with Gasteiger partial charge in [-0.25, -0.2) is 0 Å². The molecule has 0 saturated heterocycles.